The van der Waals surface area contributed by atoms with E-state index in [9.17, 15) is 4.79 Å². The molecule has 2 aliphatic carbocycles. The molecule has 0 spiro atoms. The molecular formula is C25H39NO2. The number of pyridine rings is 1. The van der Waals surface area contributed by atoms with E-state index in [0.29, 0.717) is 12.2 Å². The Labute approximate surface area is 171 Å². The Hall–Kier alpha value is -1.38. The van der Waals surface area contributed by atoms with Gasteiger partial charge in [-0.3, -0.25) is 9.78 Å². The van der Waals surface area contributed by atoms with Gasteiger partial charge in [0, 0.05) is 12.1 Å². The van der Waals surface area contributed by atoms with Gasteiger partial charge in [-0.2, -0.15) is 0 Å². The summed E-state index contributed by atoms with van der Waals surface area (Å²) in [5, 5.41) is 0. The Balaban J connectivity index is 1.35. The minimum atomic E-state index is -0.204. The normalized spacial score (nSPS) is 28.1. The number of esters is 1. The lowest BCUT2D eigenvalue weighted by molar-refractivity contribution is -0.134. The van der Waals surface area contributed by atoms with Crippen LogP contribution in [0.3, 0.4) is 0 Å². The van der Waals surface area contributed by atoms with Crippen LogP contribution in [-0.2, 0) is 11.2 Å². The number of aryl methyl sites for hydroxylation is 1. The maximum absolute atomic E-state index is 11.3. The first kappa shape index (κ1) is 21.3. The monoisotopic (exact) mass is 385 g/mol. The van der Waals surface area contributed by atoms with Gasteiger partial charge >= 0.3 is 5.97 Å². The summed E-state index contributed by atoms with van der Waals surface area (Å²) in [4.78, 5) is 15.8. The van der Waals surface area contributed by atoms with Gasteiger partial charge in [0.1, 0.15) is 5.75 Å². The van der Waals surface area contributed by atoms with Crippen molar-refractivity contribution in [1.82, 2.24) is 4.98 Å². The number of hydrogen-bond acceptors (Lipinski definition) is 3. The largest absolute Gasteiger partial charge is 0.425 e. The molecule has 1 aromatic heterocycles. The van der Waals surface area contributed by atoms with Crippen LogP contribution in [0.4, 0.5) is 0 Å². The molecule has 0 N–H and O–H groups in total. The topological polar surface area (TPSA) is 39.2 Å². The van der Waals surface area contributed by atoms with Crippen molar-refractivity contribution >= 4 is 5.97 Å². The first-order valence-electron chi connectivity index (χ1n) is 11.8. The van der Waals surface area contributed by atoms with Crippen LogP contribution < -0.4 is 4.74 Å². The molecule has 2 fully saturated rings. The fourth-order valence-corrected chi connectivity index (χ4v) is 5.48. The lowest BCUT2D eigenvalue weighted by atomic mass is 9.68. The molecule has 0 bridgehead atoms. The number of rotatable bonds is 8. The van der Waals surface area contributed by atoms with Crippen LogP contribution in [-0.4, -0.2) is 11.0 Å². The lowest BCUT2D eigenvalue weighted by Crippen LogP contribution is -2.26. The van der Waals surface area contributed by atoms with Crippen molar-refractivity contribution in [2.45, 2.75) is 97.3 Å². The summed E-state index contributed by atoms with van der Waals surface area (Å²) < 4.78 is 5.20. The standard InChI is InChI=1S/C25H39NO2/c1-3-5-19-6-11-21(12-7-19)22-13-8-20(9-14-22)10-15-23-16-17-24(18-26-23)28-25(27)4-2/h16-22H,3-15H2,1-2H3/t19-,20-,21-,22-. The van der Waals surface area contributed by atoms with Crippen molar-refractivity contribution in [3.8, 4) is 5.75 Å². The molecular weight excluding hydrogens is 346 g/mol. The molecule has 0 aromatic carbocycles. The van der Waals surface area contributed by atoms with E-state index in [1.807, 2.05) is 12.1 Å². The zero-order chi connectivity index (χ0) is 19.8. The zero-order valence-electron chi connectivity index (χ0n) is 18.0. The summed E-state index contributed by atoms with van der Waals surface area (Å²) in [6.07, 6.45) is 18.9. The summed E-state index contributed by atoms with van der Waals surface area (Å²) in [5.41, 5.74) is 1.12. The Morgan fingerprint density at radius 3 is 2.04 bits per heavy atom. The fraction of sp³-hybridized carbons (Fsp3) is 0.760. The molecule has 3 heteroatoms. The molecule has 3 nitrogen and oxygen atoms in total. The van der Waals surface area contributed by atoms with E-state index < -0.39 is 0 Å². The molecule has 1 heterocycles. The summed E-state index contributed by atoms with van der Waals surface area (Å²) in [5.74, 6) is 4.28. The molecule has 0 atom stereocenters. The van der Waals surface area contributed by atoms with E-state index >= 15 is 0 Å². The second-order valence-corrected chi connectivity index (χ2v) is 9.20. The number of carbonyl (C=O) groups excluding carboxylic acids is 1. The summed E-state index contributed by atoms with van der Waals surface area (Å²) in [6.45, 7) is 4.13. The van der Waals surface area contributed by atoms with Crippen LogP contribution in [0.15, 0.2) is 18.3 Å². The Morgan fingerprint density at radius 1 is 0.929 bits per heavy atom. The van der Waals surface area contributed by atoms with E-state index in [-0.39, 0.29) is 5.97 Å². The quantitative estimate of drug-likeness (QED) is 0.465. The lowest BCUT2D eigenvalue weighted by Gasteiger charge is -2.38. The molecule has 2 saturated carbocycles. The average Bonchev–Trinajstić information content (AvgIpc) is 2.74. The van der Waals surface area contributed by atoms with Gasteiger partial charge in [-0.25, -0.2) is 0 Å². The zero-order valence-corrected chi connectivity index (χ0v) is 18.0. The average molecular weight is 386 g/mol. The third kappa shape index (κ3) is 6.32. The number of hydrogen-bond donors (Lipinski definition) is 0. The third-order valence-corrected chi connectivity index (χ3v) is 7.27. The summed E-state index contributed by atoms with van der Waals surface area (Å²) in [7, 11) is 0. The van der Waals surface area contributed by atoms with Crippen molar-refractivity contribution in [2.75, 3.05) is 0 Å². The van der Waals surface area contributed by atoms with Crippen molar-refractivity contribution < 1.29 is 9.53 Å². The van der Waals surface area contributed by atoms with Gasteiger partial charge in [-0.15, -0.1) is 0 Å². The summed E-state index contributed by atoms with van der Waals surface area (Å²) in [6, 6.07) is 3.89. The molecule has 0 unspecified atom stereocenters. The highest BCUT2D eigenvalue weighted by Crippen LogP contribution is 2.42. The Bertz CT molecular complexity index is 581. The fourth-order valence-electron chi connectivity index (χ4n) is 5.48. The molecule has 3 rings (SSSR count). The van der Waals surface area contributed by atoms with Crippen LogP contribution in [0.1, 0.15) is 96.6 Å². The third-order valence-electron chi connectivity index (χ3n) is 7.27. The number of aromatic nitrogens is 1. The highest BCUT2D eigenvalue weighted by atomic mass is 16.5. The van der Waals surface area contributed by atoms with E-state index in [1.54, 1.807) is 13.1 Å². The molecule has 0 saturated heterocycles. The highest BCUT2D eigenvalue weighted by molar-refractivity contribution is 5.71. The molecule has 156 valence electrons. The molecule has 0 amide bonds. The first-order valence-corrected chi connectivity index (χ1v) is 11.8. The summed E-state index contributed by atoms with van der Waals surface area (Å²) >= 11 is 0. The number of ether oxygens (including phenoxy) is 1. The van der Waals surface area contributed by atoms with Crippen molar-refractivity contribution in [1.29, 1.82) is 0 Å². The minimum absolute atomic E-state index is 0.204. The van der Waals surface area contributed by atoms with E-state index in [1.165, 1.54) is 70.6 Å². The molecule has 0 aliphatic heterocycles. The van der Waals surface area contributed by atoms with Gasteiger partial charge in [-0.05, 0) is 74.3 Å². The minimum Gasteiger partial charge on any atom is -0.425 e. The van der Waals surface area contributed by atoms with Gasteiger partial charge in [0.25, 0.3) is 0 Å². The molecule has 28 heavy (non-hydrogen) atoms. The molecule has 1 aromatic rings. The van der Waals surface area contributed by atoms with Crippen LogP contribution in [0.5, 0.6) is 5.75 Å². The molecule has 2 aliphatic rings. The number of carbonyl (C=O) groups is 1. The van der Waals surface area contributed by atoms with Crippen molar-refractivity contribution in [3.63, 3.8) is 0 Å². The predicted octanol–water partition coefficient (Wildman–Crippen LogP) is 6.74. The Morgan fingerprint density at radius 2 is 1.54 bits per heavy atom. The van der Waals surface area contributed by atoms with Gasteiger partial charge in [0.15, 0.2) is 0 Å². The van der Waals surface area contributed by atoms with E-state index in [2.05, 4.69) is 11.9 Å². The van der Waals surface area contributed by atoms with E-state index in [4.69, 9.17) is 4.74 Å². The maximum Gasteiger partial charge on any atom is 0.310 e. The van der Waals surface area contributed by atoms with Gasteiger partial charge in [0.2, 0.25) is 0 Å². The number of nitrogens with zero attached hydrogens (tertiary/aromatic N) is 1. The predicted molar refractivity (Wildman–Crippen MR) is 114 cm³/mol. The van der Waals surface area contributed by atoms with Crippen LogP contribution >= 0.6 is 0 Å². The Kier molecular flexibility index (Phi) is 8.36. The van der Waals surface area contributed by atoms with Crippen molar-refractivity contribution in [3.05, 3.63) is 24.0 Å². The van der Waals surface area contributed by atoms with Crippen LogP contribution in [0.2, 0.25) is 0 Å². The SMILES string of the molecule is CCC[C@H]1CC[C@H]([C@H]2CC[C@H](CCc3ccc(OC(=O)CC)cn3)CC2)CC1. The van der Waals surface area contributed by atoms with Gasteiger partial charge < -0.3 is 4.74 Å². The van der Waals surface area contributed by atoms with Crippen LogP contribution in [0.25, 0.3) is 0 Å². The smallest absolute Gasteiger partial charge is 0.310 e. The second-order valence-electron chi connectivity index (χ2n) is 9.20. The van der Waals surface area contributed by atoms with E-state index in [0.717, 1.165) is 35.8 Å². The second kappa shape index (κ2) is 11.0. The van der Waals surface area contributed by atoms with Gasteiger partial charge in [0.05, 0.1) is 6.20 Å². The van der Waals surface area contributed by atoms with Crippen LogP contribution in [0, 0.1) is 23.7 Å². The van der Waals surface area contributed by atoms with Crippen molar-refractivity contribution in [2.24, 2.45) is 23.7 Å². The van der Waals surface area contributed by atoms with Gasteiger partial charge in [-0.1, -0.05) is 52.4 Å². The maximum atomic E-state index is 11.3. The molecule has 0 radical (unpaired) electrons. The first-order chi connectivity index (χ1) is 13.7. The highest BCUT2D eigenvalue weighted by Gasteiger charge is 2.30.